The summed E-state index contributed by atoms with van der Waals surface area (Å²) in [5.41, 5.74) is 0.989. The van der Waals surface area contributed by atoms with Crippen LogP contribution in [0.15, 0.2) is 17.1 Å². The van der Waals surface area contributed by atoms with Crippen molar-refractivity contribution in [1.29, 1.82) is 0 Å². The Morgan fingerprint density at radius 3 is 2.67 bits per heavy atom. The molecule has 1 atom stereocenters. The van der Waals surface area contributed by atoms with Crippen LogP contribution in [-0.2, 0) is 6.54 Å². The van der Waals surface area contributed by atoms with Gasteiger partial charge >= 0.3 is 0 Å². The molecule has 0 amide bonds. The molecule has 2 heterocycles. The third-order valence-electron chi connectivity index (χ3n) is 4.10. The highest BCUT2D eigenvalue weighted by atomic mass is 16.1. The second-order valence-corrected chi connectivity index (χ2v) is 5.83. The van der Waals surface area contributed by atoms with Crippen LogP contribution in [0.5, 0.6) is 0 Å². The van der Waals surface area contributed by atoms with Crippen molar-refractivity contribution in [3.63, 3.8) is 0 Å². The Hall–Kier alpha value is -1.36. The van der Waals surface area contributed by atoms with Gasteiger partial charge < -0.3 is 10.2 Å². The molecule has 0 spiro atoms. The number of aromatic nitrogens is 2. The first-order chi connectivity index (χ1) is 10.2. The third-order valence-corrected chi connectivity index (χ3v) is 4.10. The number of piperidine rings is 1. The van der Waals surface area contributed by atoms with Gasteiger partial charge in [0.05, 0.1) is 18.4 Å². The Balaban J connectivity index is 2.05. The summed E-state index contributed by atoms with van der Waals surface area (Å²) in [6.45, 7) is 7.92. The first-order valence-corrected chi connectivity index (χ1v) is 8.30. The van der Waals surface area contributed by atoms with Gasteiger partial charge in [-0.3, -0.25) is 4.79 Å². The van der Waals surface area contributed by atoms with Crippen molar-refractivity contribution in [1.82, 2.24) is 15.1 Å². The summed E-state index contributed by atoms with van der Waals surface area (Å²) in [4.78, 5) is 14.5. The fourth-order valence-corrected chi connectivity index (χ4v) is 2.99. The first kappa shape index (κ1) is 16.0. The summed E-state index contributed by atoms with van der Waals surface area (Å²) < 4.78 is 1.59. The lowest BCUT2D eigenvalue weighted by atomic mass is 10.1. The zero-order chi connectivity index (χ0) is 15.1. The number of hydrogen-bond acceptors (Lipinski definition) is 4. The normalized spacial score (nSPS) is 17.0. The van der Waals surface area contributed by atoms with E-state index in [0.29, 0.717) is 12.6 Å². The van der Waals surface area contributed by atoms with Crippen molar-refractivity contribution in [2.45, 2.75) is 58.5 Å². The Morgan fingerprint density at radius 2 is 2.05 bits per heavy atom. The monoisotopic (exact) mass is 292 g/mol. The van der Waals surface area contributed by atoms with Crippen molar-refractivity contribution >= 4 is 5.69 Å². The largest absolute Gasteiger partial charge is 0.370 e. The molecular formula is C16H28N4O. The molecule has 1 fully saturated rings. The van der Waals surface area contributed by atoms with Gasteiger partial charge in [0.1, 0.15) is 0 Å². The van der Waals surface area contributed by atoms with Crippen molar-refractivity contribution < 1.29 is 0 Å². The topological polar surface area (TPSA) is 50.2 Å². The predicted octanol–water partition coefficient (Wildman–Crippen LogP) is 2.01. The van der Waals surface area contributed by atoms with Gasteiger partial charge in [0.15, 0.2) is 0 Å². The molecule has 0 saturated carbocycles. The maximum Gasteiger partial charge on any atom is 0.268 e. The summed E-state index contributed by atoms with van der Waals surface area (Å²) in [5, 5.41) is 7.81. The predicted molar refractivity (Wildman–Crippen MR) is 86.9 cm³/mol. The van der Waals surface area contributed by atoms with E-state index in [4.69, 9.17) is 0 Å². The minimum absolute atomic E-state index is 0.0112. The maximum absolute atomic E-state index is 12.3. The van der Waals surface area contributed by atoms with Gasteiger partial charge in [-0.15, -0.1) is 0 Å². The van der Waals surface area contributed by atoms with E-state index in [2.05, 4.69) is 29.2 Å². The molecule has 118 valence electrons. The van der Waals surface area contributed by atoms with Crippen LogP contribution in [-0.4, -0.2) is 35.5 Å². The quantitative estimate of drug-likeness (QED) is 0.835. The SMILES string of the molecule is CCCC(Cn1ncc(N2CCCCC2)cc1=O)NCC. The van der Waals surface area contributed by atoms with E-state index >= 15 is 0 Å². The highest BCUT2D eigenvalue weighted by molar-refractivity contribution is 5.43. The molecule has 0 aromatic carbocycles. The Kier molecular flexibility index (Phi) is 6.23. The summed E-state index contributed by atoms with van der Waals surface area (Å²) in [5.74, 6) is 0. The fourth-order valence-electron chi connectivity index (χ4n) is 2.99. The number of hydrogen-bond donors (Lipinski definition) is 1. The van der Waals surface area contributed by atoms with Crippen LogP contribution < -0.4 is 15.8 Å². The molecule has 5 heteroatoms. The van der Waals surface area contributed by atoms with E-state index in [1.165, 1.54) is 19.3 Å². The minimum Gasteiger partial charge on any atom is -0.370 e. The Labute approximate surface area is 127 Å². The van der Waals surface area contributed by atoms with Crippen LogP contribution >= 0.6 is 0 Å². The Morgan fingerprint density at radius 1 is 1.29 bits per heavy atom. The fraction of sp³-hybridized carbons (Fsp3) is 0.750. The van der Waals surface area contributed by atoms with Crippen molar-refractivity contribution in [2.75, 3.05) is 24.5 Å². The zero-order valence-corrected chi connectivity index (χ0v) is 13.3. The average molecular weight is 292 g/mol. The molecule has 0 aliphatic carbocycles. The van der Waals surface area contributed by atoms with Gasteiger partial charge in [-0.05, 0) is 32.2 Å². The number of rotatable bonds is 7. The molecule has 1 aromatic rings. The summed E-state index contributed by atoms with van der Waals surface area (Å²) in [7, 11) is 0. The van der Waals surface area contributed by atoms with Crippen LogP contribution in [0, 0.1) is 0 Å². The molecule has 1 aromatic heterocycles. The molecule has 2 rings (SSSR count). The van der Waals surface area contributed by atoms with Gasteiger partial charge in [-0.1, -0.05) is 20.3 Å². The highest BCUT2D eigenvalue weighted by Gasteiger charge is 2.14. The lowest BCUT2D eigenvalue weighted by Gasteiger charge is -2.28. The van der Waals surface area contributed by atoms with Crippen LogP contribution in [0.2, 0.25) is 0 Å². The van der Waals surface area contributed by atoms with Gasteiger partial charge in [0.25, 0.3) is 5.56 Å². The Bertz CT molecular complexity index is 473. The van der Waals surface area contributed by atoms with Crippen LogP contribution in [0.3, 0.4) is 0 Å². The maximum atomic E-state index is 12.3. The lowest BCUT2D eigenvalue weighted by molar-refractivity contribution is 0.399. The number of likely N-dealkylation sites (N-methyl/N-ethyl adjacent to an activating group) is 1. The number of anilines is 1. The molecule has 1 N–H and O–H groups in total. The highest BCUT2D eigenvalue weighted by Crippen LogP contribution is 2.16. The molecule has 1 saturated heterocycles. The molecular weight excluding hydrogens is 264 g/mol. The molecule has 21 heavy (non-hydrogen) atoms. The third kappa shape index (κ3) is 4.56. The zero-order valence-electron chi connectivity index (χ0n) is 13.3. The van der Waals surface area contributed by atoms with E-state index in [9.17, 15) is 4.79 Å². The van der Waals surface area contributed by atoms with E-state index in [1.807, 2.05) is 6.20 Å². The molecule has 1 aliphatic rings. The van der Waals surface area contributed by atoms with Gasteiger partial charge in [0.2, 0.25) is 0 Å². The van der Waals surface area contributed by atoms with Crippen molar-refractivity contribution in [3.05, 3.63) is 22.6 Å². The first-order valence-electron chi connectivity index (χ1n) is 8.30. The van der Waals surface area contributed by atoms with Crippen molar-refractivity contribution in [2.24, 2.45) is 0 Å². The van der Waals surface area contributed by atoms with Crippen LogP contribution in [0.25, 0.3) is 0 Å². The second-order valence-electron chi connectivity index (χ2n) is 5.83. The number of nitrogens with one attached hydrogen (secondary N) is 1. The summed E-state index contributed by atoms with van der Waals surface area (Å²) in [6.07, 6.45) is 7.74. The minimum atomic E-state index is 0.0112. The second kappa shape index (κ2) is 8.17. The standard InChI is InChI=1S/C16H28N4O/c1-3-8-14(17-4-2)13-20-16(21)11-15(12-18-20)19-9-6-5-7-10-19/h11-12,14,17H,3-10,13H2,1-2H3. The number of nitrogens with zero attached hydrogens (tertiary/aromatic N) is 3. The lowest BCUT2D eigenvalue weighted by Crippen LogP contribution is -2.38. The van der Waals surface area contributed by atoms with E-state index in [-0.39, 0.29) is 5.56 Å². The average Bonchev–Trinajstić information content (AvgIpc) is 2.50. The molecule has 1 aliphatic heterocycles. The molecule has 0 radical (unpaired) electrons. The van der Waals surface area contributed by atoms with Gasteiger partial charge in [0, 0.05) is 25.2 Å². The molecule has 0 bridgehead atoms. The smallest absolute Gasteiger partial charge is 0.268 e. The van der Waals surface area contributed by atoms with Crippen LogP contribution in [0.1, 0.15) is 46.0 Å². The molecule has 5 nitrogen and oxygen atoms in total. The van der Waals surface area contributed by atoms with Gasteiger partial charge in [-0.25, -0.2) is 4.68 Å². The van der Waals surface area contributed by atoms with E-state index in [0.717, 1.165) is 38.2 Å². The van der Waals surface area contributed by atoms with Gasteiger partial charge in [-0.2, -0.15) is 5.10 Å². The van der Waals surface area contributed by atoms with Crippen LogP contribution in [0.4, 0.5) is 5.69 Å². The summed E-state index contributed by atoms with van der Waals surface area (Å²) >= 11 is 0. The summed E-state index contributed by atoms with van der Waals surface area (Å²) in [6, 6.07) is 2.07. The van der Waals surface area contributed by atoms with E-state index < -0.39 is 0 Å². The van der Waals surface area contributed by atoms with E-state index in [1.54, 1.807) is 10.7 Å². The molecule has 1 unspecified atom stereocenters. The van der Waals surface area contributed by atoms with Crippen molar-refractivity contribution in [3.8, 4) is 0 Å².